The Balaban J connectivity index is 1.15. The van der Waals surface area contributed by atoms with E-state index in [1.54, 1.807) is 0 Å². The van der Waals surface area contributed by atoms with Crippen molar-refractivity contribution in [2.75, 3.05) is 4.90 Å². The van der Waals surface area contributed by atoms with Crippen LogP contribution in [-0.4, -0.2) is 0 Å². The van der Waals surface area contributed by atoms with E-state index in [1.165, 1.54) is 16.7 Å². The normalized spacial score (nSPS) is 11.5. The Bertz CT molecular complexity index is 3230. The van der Waals surface area contributed by atoms with Crippen molar-refractivity contribution in [2.24, 2.45) is 0 Å². The summed E-state index contributed by atoms with van der Waals surface area (Å²) in [6.45, 7) is 0. The summed E-state index contributed by atoms with van der Waals surface area (Å²) >= 11 is 0. The average Bonchev–Trinajstić information content (AvgIpc) is 3.86. The maximum atomic E-state index is 6.55. The molecular formula is C54H35NO2. The van der Waals surface area contributed by atoms with Gasteiger partial charge in [0, 0.05) is 38.5 Å². The molecule has 3 heteroatoms. The number of hydrogen-bond donors (Lipinski definition) is 0. The van der Waals surface area contributed by atoms with Crippen LogP contribution < -0.4 is 4.90 Å². The van der Waals surface area contributed by atoms with E-state index in [0.29, 0.717) is 0 Å². The second kappa shape index (κ2) is 13.6. The molecule has 9 aromatic carbocycles. The lowest BCUT2D eigenvalue weighted by molar-refractivity contribution is 0.668. The smallest absolute Gasteiger partial charge is 0.136 e. The van der Waals surface area contributed by atoms with Gasteiger partial charge in [-0.1, -0.05) is 146 Å². The van der Waals surface area contributed by atoms with Crippen LogP contribution in [0.1, 0.15) is 0 Å². The highest BCUT2D eigenvalue weighted by Crippen LogP contribution is 2.48. The zero-order valence-corrected chi connectivity index (χ0v) is 31.0. The Morgan fingerprint density at radius 3 is 1.58 bits per heavy atom. The van der Waals surface area contributed by atoms with Gasteiger partial charge >= 0.3 is 0 Å². The quantitative estimate of drug-likeness (QED) is 0.164. The van der Waals surface area contributed by atoms with Gasteiger partial charge in [0.15, 0.2) is 0 Å². The molecule has 0 saturated carbocycles. The summed E-state index contributed by atoms with van der Waals surface area (Å²) in [5.74, 6) is 0. The third-order valence-electron chi connectivity index (χ3n) is 11.1. The SMILES string of the molecule is c1ccc(-c2ccc(N(c3cccc(-c4ccc5c(c4)oc4ccccc45)c3)c3ccc4oc5ccccc5c4c3-c3cccc(-c4ccccc4)c3)cc2)cc1. The molecule has 0 fully saturated rings. The number of hydrogen-bond acceptors (Lipinski definition) is 3. The lowest BCUT2D eigenvalue weighted by atomic mass is 9.93. The Morgan fingerprint density at radius 2 is 0.807 bits per heavy atom. The van der Waals surface area contributed by atoms with Crippen LogP contribution in [0.15, 0.2) is 221 Å². The molecule has 0 aliphatic rings. The fraction of sp³-hybridized carbons (Fsp3) is 0. The molecule has 0 amide bonds. The molecule has 2 heterocycles. The van der Waals surface area contributed by atoms with Crippen LogP contribution in [0.4, 0.5) is 17.1 Å². The number of para-hydroxylation sites is 2. The van der Waals surface area contributed by atoms with Crippen LogP contribution in [0.5, 0.6) is 0 Å². The number of nitrogens with zero attached hydrogens (tertiary/aromatic N) is 1. The van der Waals surface area contributed by atoms with Crippen LogP contribution in [-0.2, 0) is 0 Å². The molecule has 0 atom stereocenters. The standard InChI is InChI=1S/C54H35NO2/c1-3-13-36(14-4-1)38-25-28-43(29-26-38)55(44-20-12-18-40(34-44)41-27-30-46-45-21-7-9-23-49(45)57-52(46)35-41)48-31-32-51-54(47-22-8-10-24-50(47)56-51)53(48)42-19-11-17-39(33-42)37-15-5-2-6-16-37/h1-35H. The minimum atomic E-state index is 0.854. The van der Waals surface area contributed by atoms with Crippen LogP contribution >= 0.6 is 0 Å². The predicted octanol–water partition coefficient (Wildman–Crippen LogP) is 15.6. The number of benzene rings is 9. The summed E-state index contributed by atoms with van der Waals surface area (Å²) in [7, 11) is 0. The van der Waals surface area contributed by atoms with Crippen LogP contribution in [0, 0.1) is 0 Å². The topological polar surface area (TPSA) is 29.5 Å². The van der Waals surface area contributed by atoms with E-state index in [4.69, 9.17) is 8.83 Å². The van der Waals surface area contributed by atoms with Gasteiger partial charge in [-0.3, -0.25) is 0 Å². The lowest BCUT2D eigenvalue weighted by Gasteiger charge is -2.29. The Hall–Kier alpha value is -7.62. The van der Waals surface area contributed by atoms with Crippen molar-refractivity contribution in [3.63, 3.8) is 0 Å². The van der Waals surface area contributed by atoms with E-state index in [2.05, 4.69) is 199 Å². The minimum absolute atomic E-state index is 0.854. The summed E-state index contributed by atoms with van der Waals surface area (Å²) < 4.78 is 12.9. The van der Waals surface area contributed by atoms with Gasteiger partial charge in [0.2, 0.25) is 0 Å². The van der Waals surface area contributed by atoms with Gasteiger partial charge < -0.3 is 13.7 Å². The Labute approximate surface area is 330 Å². The van der Waals surface area contributed by atoms with Crippen LogP contribution in [0.2, 0.25) is 0 Å². The van der Waals surface area contributed by atoms with Crippen molar-refractivity contribution in [1.82, 2.24) is 0 Å². The maximum absolute atomic E-state index is 6.55. The molecule has 0 aliphatic heterocycles. The highest BCUT2D eigenvalue weighted by atomic mass is 16.3. The molecule has 0 spiro atoms. The molecule has 0 N–H and O–H groups in total. The second-order valence-electron chi connectivity index (χ2n) is 14.5. The van der Waals surface area contributed by atoms with Crippen molar-refractivity contribution in [1.29, 1.82) is 0 Å². The molecule has 11 aromatic rings. The highest BCUT2D eigenvalue weighted by Gasteiger charge is 2.23. The van der Waals surface area contributed by atoms with Gasteiger partial charge in [-0.2, -0.15) is 0 Å². The van der Waals surface area contributed by atoms with E-state index in [1.807, 2.05) is 18.2 Å². The van der Waals surface area contributed by atoms with E-state index in [9.17, 15) is 0 Å². The van der Waals surface area contributed by atoms with Crippen molar-refractivity contribution >= 4 is 60.9 Å². The number of rotatable bonds is 7. The van der Waals surface area contributed by atoms with Gasteiger partial charge in [0.05, 0.1) is 5.69 Å². The van der Waals surface area contributed by atoms with Crippen molar-refractivity contribution in [3.8, 4) is 44.5 Å². The molecule has 11 rings (SSSR count). The van der Waals surface area contributed by atoms with Crippen molar-refractivity contribution < 1.29 is 8.83 Å². The number of anilines is 3. The first-order chi connectivity index (χ1) is 28.2. The van der Waals surface area contributed by atoms with Crippen LogP contribution in [0.3, 0.4) is 0 Å². The largest absolute Gasteiger partial charge is 0.456 e. The van der Waals surface area contributed by atoms with Gasteiger partial charge in [-0.05, 0) is 106 Å². The molecule has 268 valence electrons. The molecular weight excluding hydrogens is 695 g/mol. The van der Waals surface area contributed by atoms with Gasteiger partial charge in [0.25, 0.3) is 0 Å². The fourth-order valence-corrected chi connectivity index (χ4v) is 8.36. The van der Waals surface area contributed by atoms with Crippen LogP contribution in [0.25, 0.3) is 88.4 Å². The highest BCUT2D eigenvalue weighted by molar-refractivity contribution is 6.16. The molecule has 3 nitrogen and oxygen atoms in total. The first kappa shape index (κ1) is 32.8. The summed E-state index contributed by atoms with van der Waals surface area (Å²) in [4.78, 5) is 2.39. The first-order valence-corrected chi connectivity index (χ1v) is 19.3. The van der Waals surface area contributed by atoms with Crippen molar-refractivity contribution in [3.05, 3.63) is 212 Å². The Kier molecular flexibility index (Phi) is 7.82. The molecule has 0 saturated heterocycles. The summed E-state index contributed by atoms with van der Waals surface area (Å²) in [5, 5.41) is 4.42. The van der Waals surface area contributed by atoms with Crippen molar-refractivity contribution in [2.45, 2.75) is 0 Å². The first-order valence-electron chi connectivity index (χ1n) is 19.3. The maximum Gasteiger partial charge on any atom is 0.136 e. The lowest BCUT2D eigenvalue weighted by Crippen LogP contribution is -2.11. The monoisotopic (exact) mass is 729 g/mol. The van der Waals surface area contributed by atoms with E-state index >= 15 is 0 Å². The van der Waals surface area contributed by atoms with E-state index in [0.717, 1.165) is 88.8 Å². The zero-order chi connectivity index (χ0) is 37.7. The molecule has 0 aliphatic carbocycles. The minimum Gasteiger partial charge on any atom is -0.456 e. The fourth-order valence-electron chi connectivity index (χ4n) is 8.36. The molecule has 0 unspecified atom stereocenters. The molecule has 0 radical (unpaired) electrons. The second-order valence-corrected chi connectivity index (χ2v) is 14.5. The summed E-state index contributed by atoms with van der Waals surface area (Å²) in [5.41, 5.74) is 15.7. The third kappa shape index (κ3) is 5.76. The van der Waals surface area contributed by atoms with Gasteiger partial charge in [0.1, 0.15) is 22.3 Å². The third-order valence-corrected chi connectivity index (χ3v) is 11.1. The Morgan fingerprint density at radius 1 is 0.281 bits per heavy atom. The molecule has 2 aromatic heterocycles. The summed E-state index contributed by atoms with van der Waals surface area (Å²) in [6.07, 6.45) is 0. The predicted molar refractivity (Wildman–Crippen MR) is 237 cm³/mol. The van der Waals surface area contributed by atoms with E-state index < -0.39 is 0 Å². The van der Waals surface area contributed by atoms with E-state index in [-0.39, 0.29) is 0 Å². The molecule has 57 heavy (non-hydrogen) atoms. The van der Waals surface area contributed by atoms with Gasteiger partial charge in [-0.25, -0.2) is 0 Å². The molecule has 0 bridgehead atoms. The number of fused-ring (bicyclic) bond motifs is 6. The van der Waals surface area contributed by atoms with Gasteiger partial charge in [-0.15, -0.1) is 0 Å². The summed E-state index contributed by atoms with van der Waals surface area (Å²) in [6, 6.07) is 75.2. The zero-order valence-electron chi connectivity index (χ0n) is 31.0. The average molecular weight is 730 g/mol. The number of furan rings is 2.